The van der Waals surface area contributed by atoms with E-state index in [1.165, 1.54) is 0 Å². The maximum absolute atomic E-state index is 12.2. The van der Waals surface area contributed by atoms with Crippen LogP contribution in [0.3, 0.4) is 0 Å². The summed E-state index contributed by atoms with van der Waals surface area (Å²) in [7, 11) is -6.91. The van der Waals surface area contributed by atoms with Crippen LogP contribution in [0.15, 0.2) is 0 Å². The fraction of sp³-hybridized carbons (Fsp3) is 0.667. The van der Waals surface area contributed by atoms with Crippen molar-refractivity contribution in [1.82, 2.24) is 0 Å². The van der Waals surface area contributed by atoms with E-state index in [0.717, 1.165) is 0 Å². The van der Waals surface area contributed by atoms with E-state index < -0.39 is 27.4 Å². The first-order valence-corrected chi connectivity index (χ1v) is 3.76. The molecule has 10 heteroatoms. The highest BCUT2D eigenvalue weighted by Gasteiger charge is 2.72. The lowest BCUT2D eigenvalue weighted by Crippen LogP contribution is -2.52. The highest BCUT2D eigenvalue weighted by Crippen LogP contribution is 2.39. The van der Waals surface area contributed by atoms with Crippen LogP contribution in [0.4, 0.5) is 21.4 Å². The average molecular weight is 228 g/mol. The summed E-state index contributed by atoms with van der Waals surface area (Å²) in [5.74, 6) is -3.47. The second-order valence-electron chi connectivity index (χ2n) is 1.84. The molecule has 0 aromatic heterocycles. The van der Waals surface area contributed by atoms with Gasteiger partial charge in [-0.3, -0.25) is 0 Å². The minimum atomic E-state index is -6.91. The van der Waals surface area contributed by atoms with Crippen molar-refractivity contribution in [2.24, 2.45) is 0 Å². The number of hydrogen-bond acceptors (Lipinski definition) is 3. The van der Waals surface area contributed by atoms with E-state index in [1.807, 2.05) is 0 Å². The largest absolute Gasteiger partial charge is 0.478 e. The van der Waals surface area contributed by atoms with Crippen LogP contribution in [0.1, 0.15) is 0 Å². The summed E-state index contributed by atoms with van der Waals surface area (Å²) < 4.78 is 77.5. The summed E-state index contributed by atoms with van der Waals surface area (Å²) in [4.78, 5) is 9.60. The SMILES string of the molecule is O=C(O)C(F)(C(F)(F)F)S(=O)(=O)F. The molecule has 0 heterocycles. The first kappa shape index (κ1) is 12.1. The number of carbonyl (C=O) groups is 1. The molecule has 0 rings (SSSR count). The zero-order chi connectivity index (χ0) is 11.1. The molecule has 0 spiro atoms. The monoisotopic (exact) mass is 228 g/mol. The highest BCUT2D eigenvalue weighted by molar-refractivity contribution is 7.88. The summed E-state index contributed by atoms with van der Waals surface area (Å²) in [6.07, 6.45) is -6.37. The molecule has 1 N–H and O–H groups in total. The Labute approximate surface area is 68.2 Å². The number of aliphatic carboxylic acids is 1. The van der Waals surface area contributed by atoms with E-state index in [0.29, 0.717) is 0 Å². The van der Waals surface area contributed by atoms with Crippen molar-refractivity contribution >= 4 is 16.2 Å². The van der Waals surface area contributed by atoms with Crippen molar-refractivity contribution in [2.45, 2.75) is 11.2 Å². The van der Waals surface area contributed by atoms with Crippen molar-refractivity contribution in [1.29, 1.82) is 0 Å². The van der Waals surface area contributed by atoms with Gasteiger partial charge in [0, 0.05) is 0 Å². The van der Waals surface area contributed by atoms with Gasteiger partial charge < -0.3 is 5.11 Å². The molecule has 13 heavy (non-hydrogen) atoms. The Morgan fingerprint density at radius 3 is 1.46 bits per heavy atom. The van der Waals surface area contributed by atoms with Crippen molar-refractivity contribution in [3.8, 4) is 0 Å². The standard InChI is InChI=1S/C3HF5O4S/c4-2(1(9)10,3(5,6)7)13(8,11)12/h(H,9,10). The summed E-state index contributed by atoms with van der Waals surface area (Å²) in [5, 5.41) is 1.69. The van der Waals surface area contributed by atoms with Crippen molar-refractivity contribution < 1.29 is 39.8 Å². The van der Waals surface area contributed by atoms with E-state index in [1.54, 1.807) is 0 Å². The zero-order valence-corrected chi connectivity index (χ0v) is 6.29. The number of rotatable bonds is 2. The van der Waals surface area contributed by atoms with E-state index in [2.05, 4.69) is 0 Å². The van der Waals surface area contributed by atoms with Gasteiger partial charge in [0.15, 0.2) is 0 Å². The molecule has 1 atom stereocenters. The number of carboxylic acids is 1. The van der Waals surface area contributed by atoms with Gasteiger partial charge >= 0.3 is 27.4 Å². The van der Waals surface area contributed by atoms with E-state index in [-0.39, 0.29) is 0 Å². The Morgan fingerprint density at radius 2 is 1.46 bits per heavy atom. The van der Waals surface area contributed by atoms with Gasteiger partial charge in [-0.2, -0.15) is 21.6 Å². The Bertz CT molecular complexity index is 317. The molecule has 0 aliphatic heterocycles. The highest BCUT2D eigenvalue weighted by atomic mass is 32.3. The summed E-state index contributed by atoms with van der Waals surface area (Å²) in [5.41, 5.74) is 0. The fourth-order valence-corrected chi connectivity index (χ4v) is 0.849. The van der Waals surface area contributed by atoms with Crippen LogP contribution in [-0.2, 0) is 15.0 Å². The number of hydrogen-bond donors (Lipinski definition) is 1. The summed E-state index contributed by atoms with van der Waals surface area (Å²) in [6, 6.07) is 0. The third-order valence-electron chi connectivity index (χ3n) is 0.976. The van der Waals surface area contributed by atoms with Crippen LogP contribution in [-0.4, -0.2) is 30.7 Å². The van der Waals surface area contributed by atoms with Crippen LogP contribution in [0.5, 0.6) is 0 Å². The van der Waals surface area contributed by atoms with Gasteiger partial charge in [0.1, 0.15) is 0 Å². The molecule has 0 bridgehead atoms. The molecule has 0 fully saturated rings. The Balaban J connectivity index is 5.64. The van der Waals surface area contributed by atoms with Crippen molar-refractivity contribution in [3.63, 3.8) is 0 Å². The average Bonchev–Trinajstić information content (AvgIpc) is 1.80. The Morgan fingerprint density at radius 1 is 1.15 bits per heavy atom. The maximum atomic E-state index is 12.2. The smallest absolute Gasteiger partial charge is 0.451 e. The molecule has 1 unspecified atom stereocenters. The molecule has 0 radical (unpaired) electrons. The molecule has 0 aliphatic carbocycles. The first-order valence-electron chi connectivity index (χ1n) is 2.38. The third kappa shape index (κ3) is 1.71. The molecule has 0 aromatic carbocycles. The minimum absolute atomic E-state index is 3.47. The molecule has 0 aromatic rings. The lowest BCUT2D eigenvalue weighted by Gasteiger charge is -2.18. The molecule has 4 nitrogen and oxygen atoms in total. The van der Waals surface area contributed by atoms with E-state index in [9.17, 15) is 34.7 Å². The van der Waals surface area contributed by atoms with Gasteiger partial charge in [0.05, 0.1) is 0 Å². The van der Waals surface area contributed by atoms with Crippen molar-refractivity contribution in [3.05, 3.63) is 0 Å². The lowest BCUT2D eigenvalue weighted by molar-refractivity contribution is -0.210. The number of carboxylic acid groups (broad SMARTS) is 1. The lowest BCUT2D eigenvalue weighted by atomic mass is 10.4. The van der Waals surface area contributed by atoms with E-state index in [4.69, 9.17) is 5.11 Å². The van der Waals surface area contributed by atoms with Gasteiger partial charge in [-0.05, 0) is 0 Å². The van der Waals surface area contributed by atoms with Crippen molar-refractivity contribution in [2.75, 3.05) is 0 Å². The third-order valence-corrected chi connectivity index (χ3v) is 2.05. The predicted molar refractivity (Wildman–Crippen MR) is 27.6 cm³/mol. The molecule has 78 valence electrons. The van der Waals surface area contributed by atoms with Gasteiger partial charge in [0.25, 0.3) is 0 Å². The molecule has 0 amide bonds. The summed E-state index contributed by atoms with van der Waals surface area (Å²) >= 11 is 0. The number of alkyl halides is 4. The van der Waals surface area contributed by atoms with Crippen LogP contribution >= 0.6 is 0 Å². The molecular weight excluding hydrogens is 227 g/mol. The molecule has 0 aliphatic rings. The fourth-order valence-electron chi connectivity index (χ4n) is 0.364. The first-order chi connectivity index (χ1) is 5.44. The van der Waals surface area contributed by atoms with Crippen LogP contribution < -0.4 is 0 Å². The van der Waals surface area contributed by atoms with Gasteiger partial charge in [0.2, 0.25) is 0 Å². The predicted octanol–water partition coefficient (Wildman–Crippen LogP) is 0.598. The second-order valence-corrected chi connectivity index (χ2v) is 3.27. The molecule has 0 saturated carbocycles. The number of halogens is 5. The zero-order valence-electron chi connectivity index (χ0n) is 5.47. The quantitative estimate of drug-likeness (QED) is 0.554. The molecule has 0 saturated heterocycles. The maximum Gasteiger partial charge on any atom is 0.451 e. The van der Waals surface area contributed by atoms with E-state index >= 15 is 0 Å². The van der Waals surface area contributed by atoms with Gasteiger partial charge in [-0.1, -0.05) is 0 Å². The Hall–Kier alpha value is -0.930. The molecular formula is C3HF5O4S. The summed E-state index contributed by atoms with van der Waals surface area (Å²) in [6.45, 7) is 0. The minimum Gasteiger partial charge on any atom is -0.478 e. The topological polar surface area (TPSA) is 71.4 Å². The second kappa shape index (κ2) is 2.79. The normalized spacial score (nSPS) is 17.9. The van der Waals surface area contributed by atoms with Gasteiger partial charge in [-0.15, -0.1) is 3.89 Å². The Kier molecular flexibility index (Phi) is 2.59. The van der Waals surface area contributed by atoms with Crippen LogP contribution in [0, 0.1) is 0 Å². The van der Waals surface area contributed by atoms with Crippen LogP contribution in [0.2, 0.25) is 0 Å². The van der Waals surface area contributed by atoms with Gasteiger partial charge in [-0.25, -0.2) is 9.18 Å². The van der Waals surface area contributed by atoms with Crippen LogP contribution in [0.25, 0.3) is 0 Å².